The number of rotatable bonds is 0. The van der Waals surface area contributed by atoms with E-state index >= 15 is 0 Å². The summed E-state index contributed by atoms with van der Waals surface area (Å²) in [5, 5.41) is 2.89. The molecule has 0 atom stereocenters. The van der Waals surface area contributed by atoms with Crippen LogP contribution in [0, 0.1) is 0 Å². The highest BCUT2D eigenvalue weighted by molar-refractivity contribution is 6.26. The number of dihydropyridines is 1. The summed E-state index contributed by atoms with van der Waals surface area (Å²) < 4.78 is 0. The molecule has 0 aromatic carbocycles. The summed E-state index contributed by atoms with van der Waals surface area (Å²) in [7, 11) is 0. The lowest BCUT2D eigenvalue weighted by Crippen LogP contribution is -1.95. The number of hydrogen-bond donors (Lipinski definition) is 1. The second-order valence-electron chi connectivity index (χ2n) is 1.44. The van der Waals surface area contributed by atoms with Crippen LogP contribution in [0.1, 0.15) is 0 Å². The Morgan fingerprint density at radius 2 is 2.00 bits per heavy atom. The van der Waals surface area contributed by atoms with Crippen molar-refractivity contribution in [3.63, 3.8) is 0 Å². The van der Waals surface area contributed by atoms with Crippen LogP contribution in [-0.4, -0.2) is 0 Å². The quantitative estimate of drug-likeness (QED) is 0.523. The lowest BCUT2D eigenvalue weighted by atomic mass is 10.2. The predicted octanol–water partition coefficient (Wildman–Crippen LogP) is 1.74. The molecular weight excluding hydrogens is 122 g/mol. The average Bonchev–Trinajstić information content (AvgIpc) is 1.90. The standard InChI is InChI=1S/C6H6ClN/c7-5-6-1-3-8-4-2-6/h1-5,8H. The fourth-order valence-corrected chi connectivity index (χ4v) is 0.618. The van der Waals surface area contributed by atoms with Gasteiger partial charge in [-0.15, -0.1) is 0 Å². The molecule has 1 aliphatic heterocycles. The van der Waals surface area contributed by atoms with Gasteiger partial charge in [0.2, 0.25) is 0 Å². The minimum Gasteiger partial charge on any atom is -0.368 e. The monoisotopic (exact) mass is 127 g/mol. The van der Waals surface area contributed by atoms with Crippen molar-refractivity contribution < 1.29 is 0 Å². The van der Waals surface area contributed by atoms with E-state index in [-0.39, 0.29) is 0 Å². The van der Waals surface area contributed by atoms with Gasteiger partial charge in [-0.3, -0.25) is 0 Å². The molecule has 0 fully saturated rings. The van der Waals surface area contributed by atoms with Crippen molar-refractivity contribution in [2.75, 3.05) is 0 Å². The first kappa shape index (κ1) is 5.45. The normalized spacial score (nSPS) is 15.9. The van der Waals surface area contributed by atoms with Gasteiger partial charge >= 0.3 is 0 Å². The molecule has 0 amide bonds. The zero-order valence-corrected chi connectivity index (χ0v) is 5.02. The van der Waals surface area contributed by atoms with E-state index in [2.05, 4.69) is 5.32 Å². The van der Waals surface area contributed by atoms with E-state index in [0.717, 1.165) is 5.57 Å². The molecular formula is C6H6ClN. The van der Waals surface area contributed by atoms with Crippen molar-refractivity contribution in [2.24, 2.45) is 0 Å². The van der Waals surface area contributed by atoms with Gasteiger partial charge in [0, 0.05) is 17.9 Å². The van der Waals surface area contributed by atoms with Gasteiger partial charge in [0.1, 0.15) is 0 Å². The smallest absolute Gasteiger partial charge is 0.0116 e. The molecule has 42 valence electrons. The summed E-state index contributed by atoms with van der Waals surface area (Å²) in [6, 6.07) is 0. The van der Waals surface area contributed by atoms with Crippen LogP contribution in [0.15, 0.2) is 35.7 Å². The highest BCUT2D eigenvalue weighted by atomic mass is 35.5. The Morgan fingerprint density at radius 1 is 1.38 bits per heavy atom. The van der Waals surface area contributed by atoms with Gasteiger partial charge in [-0.25, -0.2) is 0 Å². The van der Waals surface area contributed by atoms with E-state index < -0.39 is 0 Å². The third-order valence-electron chi connectivity index (χ3n) is 0.870. The molecule has 1 rings (SSSR count). The lowest BCUT2D eigenvalue weighted by molar-refractivity contribution is 1.17. The van der Waals surface area contributed by atoms with Crippen molar-refractivity contribution in [3.05, 3.63) is 35.7 Å². The minimum absolute atomic E-state index is 1.02. The Morgan fingerprint density at radius 3 is 2.38 bits per heavy atom. The molecule has 0 saturated heterocycles. The summed E-state index contributed by atoms with van der Waals surface area (Å²) in [5.41, 5.74) is 2.55. The zero-order valence-electron chi connectivity index (χ0n) is 4.26. The van der Waals surface area contributed by atoms with Crippen LogP contribution < -0.4 is 5.32 Å². The highest BCUT2D eigenvalue weighted by Gasteiger charge is 1.85. The molecule has 0 aliphatic carbocycles. The van der Waals surface area contributed by atoms with Crippen molar-refractivity contribution in [1.29, 1.82) is 0 Å². The van der Waals surface area contributed by atoms with Gasteiger partial charge < -0.3 is 5.32 Å². The van der Waals surface area contributed by atoms with Gasteiger partial charge in [-0.2, -0.15) is 0 Å². The first-order valence-corrected chi connectivity index (χ1v) is 2.76. The maximum Gasteiger partial charge on any atom is 0.0116 e. The van der Waals surface area contributed by atoms with Crippen molar-refractivity contribution in [2.45, 2.75) is 0 Å². The lowest BCUT2D eigenvalue weighted by Gasteiger charge is -1.97. The molecule has 0 unspecified atom stereocenters. The second-order valence-corrected chi connectivity index (χ2v) is 1.66. The number of halogens is 1. The first-order chi connectivity index (χ1) is 3.93. The topological polar surface area (TPSA) is 12.0 Å². The molecule has 1 heterocycles. The molecule has 8 heavy (non-hydrogen) atoms. The van der Waals surface area contributed by atoms with Crippen LogP contribution >= 0.6 is 11.6 Å². The summed E-state index contributed by atoms with van der Waals surface area (Å²) in [6.45, 7) is 0. The summed E-state index contributed by atoms with van der Waals surface area (Å²) in [5.74, 6) is 0. The molecule has 0 bridgehead atoms. The summed E-state index contributed by atoms with van der Waals surface area (Å²) in [6.07, 6.45) is 7.45. The Bertz CT molecular complexity index is 142. The van der Waals surface area contributed by atoms with Crippen LogP contribution in [0.25, 0.3) is 0 Å². The summed E-state index contributed by atoms with van der Waals surface area (Å²) >= 11 is 5.39. The Balaban J connectivity index is 2.69. The molecule has 1 N–H and O–H groups in total. The molecule has 1 aliphatic rings. The zero-order chi connectivity index (χ0) is 5.82. The van der Waals surface area contributed by atoms with E-state index in [1.165, 1.54) is 5.54 Å². The van der Waals surface area contributed by atoms with E-state index in [1.807, 2.05) is 24.6 Å². The largest absolute Gasteiger partial charge is 0.368 e. The molecule has 2 heteroatoms. The Kier molecular flexibility index (Phi) is 1.75. The minimum atomic E-state index is 1.02. The van der Waals surface area contributed by atoms with E-state index in [9.17, 15) is 0 Å². The van der Waals surface area contributed by atoms with E-state index in [1.54, 1.807) is 0 Å². The van der Waals surface area contributed by atoms with Crippen LogP contribution in [0.4, 0.5) is 0 Å². The van der Waals surface area contributed by atoms with Gasteiger partial charge in [-0.05, 0) is 17.7 Å². The molecule has 1 nitrogen and oxygen atoms in total. The molecule has 0 aromatic heterocycles. The highest BCUT2D eigenvalue weighted by Crippen LogP contribution is 2.02. The second kappa shape index (κ2) is 2.58. The average molecular weight is 128 g/mol. The van der Waals surface area contributed by atoms with Crippen molar-refractivity contribution >= 4 is 11.6 Å². The fraction of sp³-hybridized carbons (Fsp3) is 0. The Labute approximate surface area is 53.3 Å². The summed E-state index contributed by atoms with van der Waals surface area (Å²) in [4.78, 5) is 0. The van der Waals surface area contributed by atoms with Gasteiger partial charge in [0.05, 0.1) is 0 Å². The van der Waals surface area contributed by atoms with Crippen molar-refractivity contribution in [1.82, 2.24) is 5.32 Å². The third kappa shape index (κ3) is 1.14. The van der Waals surface area contributed by atoms with E-state index in [4.69, 9.17) is 11.6 Å². The van der Waals surface area contributed by atoms with Gasteiger partial charge in [0.25, 0.3) is 0 Å². The fourth-order valence-electron chi connectivity index (χ4n) is 0.473. The van der Waals surface area contributed by atoms with Crippen LogP contribution in [0.5, 0.6) is 0 Å². The maximum absolute atomic E-state index is 5.39. The van der Waals surface area contributed by atoms with E-state index in [0.29, 0.717) is 0 Å². The third-order valence-corrected chi connectivity index (χ3v) is 1.12. The maximum atomic E-state index is 5.39. The number of nitrogens with one attached hydrogen (secondary N) is 1. The molecule has 0 aromatic rings. The molecule has 0 radical (unpaired) electrons. The predicted molar refractivity (Wildman–Crippen MR) is 35.4 cm³/mol. The SMILES string of the molecule is ClC=C1C=CNC=C1. The van der Waals surface area contributed by atoms with Crippen LogP contribution in [0.3, 0.4) is 0 Å². The van der Waals surface area contributed by atoms with Crippen molar-refractivity contribution in [3.8, 4) is 0 Å². The Hall–Kier alpha value is -0.690. The van der Waals surface area contributed by atoms with Gasteiger partial charge in [-0.1, -0.05) is 11.6 Å². The van der Waals surface area contributed by atoms with Crippen LogP contribution in [-0.2, 0) is 0 Å². The van der Waals surface area contributed by atoms with Crippen LogP contribution in [0.2, 0.25) is 0 Å². The number of allylic oxidation sites excluding steroid dienone is 3. The molecule has 0 saturated carbocycles. The molecule has 0 spiro atoms. The van der Waals surface area contributed by atoms with Gasteiger partial charge in [0.15, 0.2) is 0 Å². The number of hydrogen-bond acceptors (Lipinski definition) is 1. The first-order valence-electron chi connectivity index (χ1n) is 2.33.